The van der Waals surface area contributed by atoms with Crippen molar-refractivity contribution in [3.05, 3.63) is 23.8 Å². The normalized spacial score (nSPS) is 17.6. The lowest BCUT2D eigenvalue weighted by atomic mass is 9.99. The summed E-state index contributed by atoms with van der Waals surface area (Å²) < 4.78 is 28.0. The van der Waals surface area contributed by atoms with Gasteiger partial charge in [0.2, 0.25) is 0 Å². The first-order valence-corrected chi connectivity index (χ1v) is 8.04. The molecule has 1 aliphatic rings. The minimum absolute atomic E-state index is 0.0137. The monoisotopic (exact) mass is 314 g/mol. The quantitative estimate of drug-likeness (QED) is 0.773. The molecule has 0 saturated carbocycles. The number of aryl methyl sites for hydroxylation is 1. The molecule has 3 N–H and O–H groups in total. The molecular weight excluding hydrogens is 296 g/mol. The van der Waals surface area contributed by atoms with Gasteiger partial charge in [-0.05, 0) is 31.4 Å². The lowest BCUT2D eigenvalue weighted by Crippen LogP contribution is -2.42. The van der Waals surface area contributed by atoms with Crippen LogP contribution in [-0.2, 0) is 15.0 Å². The van der Waals surface area contributed by atoms with Crippen molar-refractivity contribution in [2.24, 2.45) is 5.92 Å². The van der Waals surface area contributed by atoms with Gasteiger partial charge in [-0.25, -0.2) is 0 Å². The molecule has 1 saturated heterocycles. The molecular formula is C13H18N2O5S. The molecule has 1 aliphatic heterocycles. The summed E-state index contributed by atoms with van der Waals surface area (Å²) in [6.45, 7) is 2.05. The van der Waals surface area contributed by atoms with E-state index in [-0.39, 0.29) is 24.5 Å². The molecule has 7 nitrogen and oxygen atoms in total. The number of aromatic hydroxyl groups is 1. The highest BCUT2D eigenvalue weighted by Gasteiger charge is 2.30. The van der Waals surface area contributed by atoms with Gasteiger partial charge in [-0.1, -0.05) is 6.07 Å². The average molecular weight is 314 g/mol. The number of hydrogen-bond acceptors (Lipinski definition) is 4. The maximum absolute atomic E-state index is 12.2. The number of phenols is 1. The number of carboxylic acid groups (broad SMARTS) is 1. The number of carboxylic acids is 1. The number of benzene rings is 1. The van der Waals surface area contributed by atoms with Crippen molar-refractivity contribution >= 4 is 21.9 Å². The van der Waals surface area contributed by atoms with Crippen molar-refractivity contribution in [2.45, 2.75) is 19.8 Å². The standard InChI is InChI=1S/C13H18N2O5S/c1-9-2-3-11(8-12(9)16)14-21(19,20)15-6-4-10(5-7-15)13(17)18/h2-3,8,10,14,16H,4-7H2,1H3,(H,17,18). The molecule has 0 aliphatic carbocycles. The molecule has 0 amide bonds. The van der Waals surface area contributed by atoms with E-state index in [1.165, 1.54) is 10.4 Å². The fourth-order valence-electron chi connectivity index (χ4n) is 2.23. The predicted molar refractivity (Wildman–Crippen MR) is 77.3 cm³/mol. The summed E-state index contributed by atoms with van der Waals surface area (Å²) in [5, 5.41) is 18.5. The second-order valence-corrected chi connectivity index (χ2v) is 6.79. The third-order valence-corrected chi connectivity index (χ3v) is 5.14. The van der Waals surface area contributed by atoms with Gasteiger partial charge in [0.25, 0.3) is 0 Å². The van der Waals surface area contributed by atoms with E-state index in [2.05, 4.69) is 4.72 Å². The molecule has 1 aromatic rings. The van der Waals surface area contributed by atoms with Crippen molar-refractivity contribution in [1.82, 2.24) is 4.31 Å². The Morgan fingerprint density at radius 1 is 1.33 bits per heavy atom. The van der Waals surface area contributed by atoms with Crippen LogP contribution in [0.5, 0.6) is 5.75 Å². The molecule has 0 unspecified atom stereocenters. The van der Waals surface area contributed by atoms with Crippen LogP contribution in [0, 0.1) is 12.8 Å². The molecule has 0 aromatic heterocycles. The average Bonchev–Trinajstić information content (AvgIpc) is 2.43. The van der Waals surface area contributed by atoms with Crippen LogP contribution in [0.2, 0.25) is 0 Å². The highest BCUT2D eigenvalue weighted by atomic mass is 32.2. The summed E-state index contributed by atoms with van der Waals surface area (Å²) in [4.78, 5) is 10.9. The van der Waals surface area contributed by atoms with Gasteiger partial charge in [0.15, 0.2) is 0 Å². The Morgan fingerprint density at radius 2 is 1.95 bits per heavy atom. The Bertz CT molecular complexity index is 636. The zero-order chi connectivity index (χ0) is 15.6. The predicted octanol–water partition coefficient (Wildman–Crippen LogP) is 1.15. The van der Waals surface area contributed by atoms with Gasteiger partial charge in [-0.15, -0.1) is 0 Å². The number of nitrogens with one attached hydrogen (secondary N) is 1. The molecule has 116 valence electrons. The zero-order valence-corrected chi connectivity index (χ0v) is 12.4. The largest absolute Gasteiger partial charge is 0.508 e. The fourth-order valence-corrected chi connectivity index (χ4v) is 3.47. The first kappa shape index (κ1) is 15.6. The smallest absolute Gasteiger partial charge is 0.306 e. The molecule has 1 fully saturated rings. The third-order valence-electron chi connectivity index (χ3n) is 3.60. The van der Waals surface area contributed by atoms with E-state index in [0.29, 0.717) is 18.4 Å². The Morgan fingerprint density at radius 3 is 2.48 bits per heavy atom. The van der Waals surface area contributed by atoms with E-state index in [4.69, 9.17) is 5.11 Å². The number of aliphatic carboxylic acids is 1. The van der Waals surface area contributed by atoms with Crippen molar-refractivity contribution in [3.8, 4) is 5.75 Å². The van der Waals surface area contributed by atoms with Gasteiger partial charge < -0.3 is 10.2 Å². The number of nitrogens with zero attached hydrogens (tertiary/aromatic N) is 1. The SMILES string of the molecule is Cc1ccc(NS(=O)(=O)N2CCC(C(=O)O)CC2)cc1O. The van der Waals surface area contributed by atoms with E-state index in [1.807, 2.05) is 0 Å². The number of carbonyl (C=O) groups is 1. The molecule has 8 heteroatoms. The maximum atomic E-state index is 12.2. The van der Waals surface area contributed by atoms with Crippen LogP contribution >= 0.6 is 0 Å². The molecule has 0 bridgehead atoms. The summed E-state index contributed by atoms with van der Waals surface area (Å²) in [5.74, 6) is -1.36. The van der Waals surface area contributed by atoms with E-state index in [9.17, 15) is 18.3 Å². The van der Waals surface area contributed by atoms with Crippen LogP contribution in [0.4, 0.5) is 5.69 Å². The van der Waals surface area contributed by atoms with Crippen LogP contribution in [0.25, 0.3) is 0 Å². The minimum atomic E-state index is -3.74. The first-order chi connectivity index (χ1) is 9.79. The molecule has 2 rings (SSSR count). The van der Waals surface area contributed by atoms with Gasteiger partial charge in [0.1, 0.15) is 5.75 Å². The van der Waals surface area contributed by atoms with Crippen LogP contribution < -0.4 is 4.72 Å². The second kappa shape index (κ2) is 5.90. The lowest BCUT2D eigenvalue weighted by molar-refractivity contribution is -0.142. The van der Waals surface area contributed by atoms with Crippen molar-refractivity contribution in [2.75, 3.05) is 17.8 Å². The third kappa shape index (κ3) is 3.64. The first-order valence-electron chi connectivity index (χ1n) is 6.60. The van der Waals surface area contributed by atoms with Gasteiger partial charge in [-0.3, -0.25) is 9.52 Å². The molecule has 1 heterocycles. The molecule has 0 spiro atoms. The number of anilines is 1. The highest BCUT2D eigenvalue weighted by Crippen LogP contribution is 2.24. The number of rotatable bonds is 4. The van der Waals surface area contributed by atoms with Gasteiger partial charge in [-0.2, -0.15) is 12.7 Å². The zero-order valence-electron chi connectivity index (χ0n) is 11.6. The minimum Gasteiger partial charge on any atom is -0.508 e. The van der Waals surface area contributed by atoms with Crippen LogP contribution in [0.15, 0.2) is 18.2 Å². The summed E-state index contributed by atoms with van der Waals surface area (Å²) in [6, 6.07) is 4.53. The molecule has 0 radical (unpaired) electrons. The summed E-state index contributed by atoms with van der Waals surface area (Å²) in [5.41, 5.74) is 0.929. The fraction of sp³-hybridized carbons (Fsp3) is 0.462. The summed E-state index contributed by atoms with van der Waals surface area (Å²) >= 11 is 0. The summed E-state index contributed by atoms with van der Waals surface area (Å²) in [7, 11) is -3.74. The van der Waals surface area contributed by atoms with E-state index >= 15 is 0 Å². The van der Waals surface area contributed by atoms with Crippen LogP contribution in [-0.4, -0.2) is 42.0 Å². The number of piperidine rings is 1. The van der Waals surface area contributed by atoms with Crippen molar-refractivity contribution in [1.29, 1.82) is 0 Å². The van der Waals surface area contributed by atoms with E-state index < -0.39 is 22.1 Å². The van der Waals surface area contributed by atoms with Crippen LogP contribution in [0.3, 0.4) is 0 Å². The number of hydrogen-bond donors (Lipinski definition) is 3. The van der Waals surface area contributed by atoms with Crippen LogP contribution in [0.1, 0.15) is 18.4 Å². The van der Waals surface area contributed by atoms with Gasteiger partial charge in [0.05, 0.1) is 11.6 Å². The molecule has 1 aromatic carbocycles. The van der Waals surface area contributed by atoms with Crippen molar-refractivity contribution in [3.63, 3.8) is 0 Å². The Labute approximate surface area is 123 Å². The Balaban J connectivity index is 2.05. The maximum Gasteiger partial charge on any atom is 0.306 e. The Hall–Kier alpha value is -1.80. The topological polar surface area (TPSA) is 107 Å². The second-order valence-electron chi connectivity index (χ2n) is 5.12. The lowest BCUT2D eigenvalue weighted by Gasteiger charge is -2.29. The van der Waals surface area contributed by atoms with E-state index in [0.717, 1.165) is 0 Å². The Kier molecular flexibility index (Phi) is 4.38. The molecule has 21 heavy (non-hydrogen) atoms. The van der Waals surface area contributed by atoms with Gasteiger partial charge in [0, 0.05) is 19.2 Å². The molecule has 0 atom stereocenters. The van der Waals surface area contributed by atoms with Gasteiger partial charge >= 0.3 is 16.2 Å². The van der Waals surface area contributed by atoms with E-state index in [1.54, 1.807) is 19.1 Å². The highest BCUT2D eigenvalue weighted by molar-refractivity contribution is 7.90. The summed E-state index contributed by atoms with van der Waals surface area (Å²) in [6.07, 6.45) is 0.602. The van der Waals surface area contributed by atoms with Crippen molar-refractivity contribution < 1.29 is 23.4 Å². The number of phenolic OH excluding ortho intramolecular Hbond substituents is 1.